The molecule has 0 radical (unpaired) electrons. The summed E-state index contributed by atoms with van der Waals surface area (Å²) in [5.74, 6) is 0. The Balaban J connectivity index is 2.63. The first-order chi connectivity index (χ1) is 6.97. The van der Waals surface area contributed by atoms with E-state index in [9.17, 15) is 0 Å². The Kier molecular flexibility index (Phi) is 4.54. The van der Waals surface area contributed by atoms with Gasteiger partial charge in [-0.2, -0.15) is 0 Å². The molecule has 3 nitrogen and oxygen atoms in total. The van der Waals surface area contributed by atoms with Crippen molar-refractivity contribution < 1.29 is 4.90 Å². The lowest BCUT2D eigenvalue weighted by molar-refractivity contribution is -0.857. The second-order valence-electron chi connectivity index (χ2n) is 4.27. The minimum atomic E-state index is 0.552. The van der Waals surface area contributed by atoms with Crippen molar-refractivity contribution in [3.8, 4) is 0 Å². The van der Waals surface area contributed by atoms with E-state index in [0.29, 0.717) is 5.25 Å². The number of quaternary nitrogens is 1. The maximum Gasteiger partial charge on any atom is 0.188 e. The molecule has 0 aliphatic carbocycles. The van der Waals surface area contributed by atoms with Crippen LogP contribution in [0.4, 0.5) is 0 Å². The molecule has 0 saturated heterocycles. The Labute approximate surface area is 96.3 Å². The summed E-state index contributed by atoms with van der Waals surface area (Å²) in [6.45, 7) is 7.38. The van der Waals surface area contributed by atoms with Gasteiger partial charge in [-0.25, -0.2) is 9.97 Å². The largest absolute Gasteiger partial charge is 0.339 e. The van der Waals surface area contributed by atoms with Crippen molar-refractivity contribution in [2.24, 2.45) is 0 Å². The molecule has 0 aliphatic heterocycles. The molecular formula is C11H20N3S+. The highest BCUT2D eigenvalue weighted by atomic mass is 32.2. The number of hydrogen-bond acceptors (Lipinski definition) is 3. The molecule has 15 heavy (non-hydrogen) atoms. The van der Waals surface area contributed by atoms with Crippen LogP contribution in [0.1, 0.15) is 18.3 Å². The Morgan fingerprint density at radius 1 is 1.27 bits per heavy atom. The SMILES string of the molecule is Cc1cc(C)nc(S[C@@H](C)C[NH+](C)C)n1. The van der Waals surface area contributed by atoms with Crippen molar-refractivity contribution in [1.29, 1.82) is 0 Å². The number of aromatic nitrogens is 2. The van der Waals surface area contributed by atoms with Gasteiger partial charge in [0, 0.05) is 11.4 Å². The highest BCUT2D eigenvalue weighted by molar-refractivity contribution is 7.99. The molecule has 0 bridgehead atoms. The van der Waals surface area contributed by atoms with Gasteiger partial charge in [-0.05, 0) is 26.8 Å². The minimum Gasteiger partial charge on any atom is -0.339 e. The fourth-order valence-electron chi connectivity index (χ4n) is 1.54. The van der Waals surface area contributed by atoms with Crippen LogP contribution in [0.5, 0.6) is 0 Å². The first-order valence-electron chi connectivity index (χ1n) is 5.25. The molecular weight excluding hydrogens is 206 g/mol. The zero-order valence-corrected chi connectivity index (χ0v) is 11.0. The van der Waals surface area contributed by atoms with Crippen LogP contribution in [0.15, 0.2) is 11.2 Å². The smallest absolute Gasteiger partial charge is 0.188 e. The molecule has 1 heterocycles. The summed E-state index contributed by atoms with van der Waals surface area (Å²) in [7, 11) is 4.33. The van der Waals surface area contributed by atoms with E-state index in [1.807, 2.05) is 19.9 Å². The average molecular weight is 226 g/mol. The molecule has 1 aromatic heterocycles. The third-order valence-electron chi connectivity index (χ3n) is 1.96. The number of thioether (sulfide) groups is 1. The van der Waals surface area contributed by atoms with Crippen LogP contribution in [0.3, 0.4) is 0 Å². The predicted octanol–water partition coefficient (Wildman–Crippen LogP) is 0.719. The van der Waals surface area contributed by atoms with E-state index < -0.39 is 0 Å². The Morgan fingerprint density at radius 2 is 1.80 bits per heavy atom. The third-order valence-corrected chi connectivity index (χ3v) is 2.93. The number of aryl methyl sites for hydroxylation is 2. The number of nitrogens with zero attached hydrogens (tertiary/aromatic N) is 2. The Bertz CT molecular complexity index is 305. The molecule has 0 aliphatic rings. The van der Waals surface area contributed by atoms with Gasteiger partial charge in [-0.1, -0.05) is 11.8 Å². The summed E-state index contributed by atoms with van der Waals surface area (Å²) in [4.78, 5) is 10.3. The highest BCUT2D eigenvalue weighted by Crippen LogP contribution is 2.18. The Hall–Kier alpha value is -0.610. The van der Waals surface area contributed by atoms with E-state index in [-0.39, 0.29) is 0 Å². The van der Waals surface area contributed by atoms with Gasteiger partial charge in [0.25, 0.3) is 0 Å². The fourth-order valence-corrected chi connectivity index (χ4v) is 2.71. The molecule has 1 atom stereocenters. The van der Waals surface area contributed by atoms with E-state index in [4.69, 9.17) is 0 Å². The van der Waals surface area contributed by atoms with Crippen LogP contribution in [0.2, 0.25) is 0 Å². The van der Waals surface area contributed by atoms with Crippen molar-refractivity contribution in [2.45, 2.75) is 31.2 Å². The summed E-state index contributed by atoms with van der Waals surface area (Å²) in [5, 5.41) is 1.46. The molecule has 0 spiro atoms. The van der Waals surface area contributed by atoms with E-state index in [0.717, 1.165) is 23.1 Å². The van der Waals surface area contributed by atoms with Gasteiger partial charge < -0.3 is 4.90 Å². The molecule has 4 heteroatoms. The fraction of sp³-hybridized carbons (Fsp3) is 0.636. The number of rotatable bonds is 4. The molecule has 1 N–H and O–H groups in total. The molecule has 1 aromatic rings. The average Bonchev–Trinajstić information content (AvgIpc) is 1.98. The molecule has 0 unspecified atom stereocenters. The number of hydrogen-bond donors (Lipinski definition) is 1. The number of nitrogens with one attached hydrogen (secondary N) is 1. The lowest BCUT2D eigenvalue weighted by Crippen LogP contribution is -3.06. The Morgan fingerprint density at radius 3 is 2.27 bits per heavy atom. The summed E-state index contributed by atoms with van der Waals surface area (Å²) in [5.41, 5.74) is 2.10. The summed E-state index contributed by atoms with van der Waals surface area (Å²) < 4.78 is 0. The molecule has 0 aromatic carbocycles. The molecule has 0 saturated carbocycles. The monoisotopic (exact) mass is 226 g/mol. The molecule has 84 valence electrons. The van der Waals surface area contributed by atoms with Gasteiger partial charge >= 0.3 is 0 Å². The van der Waals surface area contributed by atoms with Gasteiger partial charge in [0.2, 0.25) is 0 Å². The van der Waals surface area contributed by atoms with Gasteiger partial charge in [0.1, 0.15) is 0 Å². The van der Waals surface area contributed by atoms with Crippen LogP contribution >= 0.6 is 11.8 Å². The predicted molar refractivity (Wildman–Crippen MR) is 64.5 cm³/mol. The standard InChI is InChI=1S/C11H19N3S/c1-8-6-9(2)13-11(12-8)15-10(3)7-14(4)5/h6,10H,7H2,1-5H3/p+1/t10-/m0/s1. The molecule has 0 fully saturated rings. The van der Waals surface area contributed by atoms with E-state index in [2.05, 4.69) is 31.0 Å². The van der Waals surface area contributed by atoms with Crippen LogP contribution in [0.25, 0.3) is 0 Å². The molecule has 1 rings (SSSR count). The van der Waals surface area contributed by atoms with E-state index in [1.165, 1.54) is 4.90 Å². The maximum atomic E-state index is 4.42. The van der Waals surface area contributed by atoms with Crippen molar-refractivity contribution in [3.05, 3.63) is 17.5 Å². The normalized spacial score (nSPS) is 13.2. The minimum absolute atomic E-state index is 0.552. The second-order valence-corrected chi connectivity index (χ2v) is 5.68. The zero-order chi connectivity index (χ0) is 11.4. The summed E-state index contributed by atoms with van der Waals surface area (Å²) in [6.07, 6.45) is 0. The van der Waals surface area contributed by atoms with Crippen molar-refractivity contribution in [2.75, 3.05) is 20.6 Å². The quantitative estimate of drug-likeness (QED) is 0.606. The third kappa shape index (κ3) is 4.62. The van der Waals surface area contributed by atoms with Crippen LogP contribution in [-0.4, -0.2) is 35.9 Å². The zero-order valence-electron chi connectivity index (χ0n) is 10.2. The van der Waals surface area contributed by atoms with Gasteiger partial charge in [-0.3, -0.25) is 0 Å². The summed E-state index contributed by atoms with van der Waals surface area (Å²) in [6, 6.07) is 2.01. The van der Waals surface area contributed by atoms with Crippen LogP contribution < -0.4 is 4.90 Å². The van der Waals surface area contributed by atoms with E-state index in [1.54, 1.807) is 11.8 Å². The van der Waals surface area contributed by atoms with Gasteiger partial charge in [0.15, 0.2) is 5.16 Å². The first kappa shape index (κ1) is 12.5. The maximum absolute atomic E-state index is 4.42. The van der Waals surface area contributed by atoms with Crippen molar-refractivity contribution >= 4 is 11.8 Å². The second kappa shape index (κ2) is 5.47. The summed E-state index contributed by atoms with van der Waals surface area (Å²) >= 11 is 1.76. The van der Waals surface area contributed by atoms with E-state index >= 15 is 0 Å². The highest BCUT2D eigenvalue weighted by Gasteiger charge is 2.10. The van der Waals surface area contributed by atoms with Gasteiger partial charge in [0.05, 0.1) is 25.9 Å². The van der Waals surface area contributed by atoms with Crippen LogP contribution in [-0.2, 0) is 0 Å². The van der Waals surface area contributed by atoms with Crippen LogP contribution in [0, 0.1) is 13.8 Å². The first-order valence-corrected chi connectivity index (χ1v) is 6.13. The van der Waals surface area contributed by atoms with Gasteiger partial charge in [-0.15, -0.1) is 0 Å². The lowest BCUT2D eigenvalue weighted by Gasteiger charge is -2.13. The molecule has 0 amide bonds. The lowest BCUT2D eigenvalue weighted by atomic mass is 10.4. The topological polar surface area (TPSA) is 30.2 Å². The van der Waals surface area contributed by atoms with Crippen molar-refractivity contribution in [3.63, 3.8) is 0 Å². The van der Waals surface area contributed by atoms with Crippen molar-refractivity contribution in [1.82, 2.24) is 9.97 Å².